The van der Waals surface area contributed by atoms with Crippen LogP contribution in [0.2, 0.25) is 5.02 Å². The van der Waals surface area contributed by atoms with Crippen molar-refractivity contribution >= 4 is 23.4 Å². The van der Waals surface area contributed by atoms with Gasteiger partial charge in [-0.3, -0.25) is 9.59 Å². The molecule has 0 heterocycles. The highest BCUT2D eigenvalue weighted by molar-refractivity contribution is 6.30. The minimum atomic E-state index is -1.05. The number of ketones is 1. The predicted molar refractivity (Wildman–Crippen MR) is 77.6 cm³/mol. The second kappa shape index (κ2) is 5.21. The van der Waals surface area contributed by atoms with Gasteiger partial charge in [-0.25, -0.2) is 0 Å². The number of carbonyl (C=O) groups excluding carboxylic acids is 2. The Morgan fingerprint density at radius 2 is 1.90 bits per heavy atom. The van der Waals surface area contributed by atoms with E-state index in [1.165, 1.54) is 7.11 Å². The molecule has 1 atom stereocenters. The van der Waals surface area contributed by atoms with Crippen LogP contribution >= 0.6 is 11.6 Å². The molecule has 0 saturated heterocycles. The largest absolute Gasteiger partial charge is 0.468 e. The lowest BCUT2D eigenvalue weighted by molar-refractivity contribution is -0.156. The molecule has 20 heavy (non-hydrogen) atoms. The van der Waals surface area contributed by atoms with E-state index in [0.29, 0.717) is 24.3 Å². The number of esters is 1. The van der Waals surface area contributed by atoms with Gasteiger partial charge < -0.3 is 4.74 Å². The van der Waals surface area contributed by atoms with Gasteiger partial charge in [0.25, 0.3) is 0 Å². The Morgan fingerprint density at radius 1 is 1.30 bits per heavy atom. The summed E-state index contributed by atoms with van der Waals surface area (Å²) in [7, 11) is 1.34. The Morgan fingerprint density at radius 3 is 2.35 bits per heavy atom. The van der Waals surface area contributed by atoms with Gasteiger partial charge >= 0.3 is 5.97 Å². The fourth-order valence-electron chi connectivity index (χ4n) is 3.15. The van der Waals surface area contributed by atoms with Crippen LogP contribution in [0, 0.1) is 10.8 Å². The van der Waals surface area contributed by atoms with Gasteiger partial charge in [0.05, 0.1) is 7.11 Å². The third-order valence-electron chi connectivity index (χ3n) is 3.95. The average molecular weight is 295 g/mol. The minimum Gasteiger partial charge on any atom is -0.468 e. The molecular weight excluding hydrogens is 276 g/mol. The molecule has 1 unspecified atom stereocenters. The number of rotatable bonds is 3. The maximum absolute atomic E-state index is 12.5. The van der Waals surface area contributed by atoms with Gasteiger partial charge in [0.2, 0.25) is 0 Å². The van der Waals surface area contributed by atoms with E-state index >= 15 is 0 Å². The lowest BCUT2D eigenvalue weighted by Crippen LogP contribution is -2.38. The Kier molecular flexibility index (Phi) is 3.92. The number of hydrogen-bond donors (Lipinski definition) is 0. The van der Waals surface area contributed by atoms with E-state index in [0.717, 1.165) is 5.56 Å². The van der Waals surface area contributed by atoms with Crippen LogP contribution in [0.1, 0.15) is 32.3 Å². The van der Waals surface area contributed by atoms with Crippen LogP contribution in [-0.2, 0) is 20.7 Å². The van der Waals surface area contributed by atoms with E-state index in [9.17, 15) is 9.59 Å². The second-order valence-electron chi connectivity index (χ2n) is 6.32. The molecule has 1 aromatic carbocycles. The molecule has 2 rings (SSSR count). The predicted octanol–water partition coefficient (Wildman–Crippen LogP) is 3.43. The van der Waals surface area contributed by atoms with Crippen LogP contribution in [0.4, 0.5) is 0 Å². The summed E-state index contributed by atoms with van der Waals surface area (Å²) in [5.41, 5.74) is -0.296. The fourth-order valence-corrected chi connectivity index (χ4v) is 3.27. The smallest absolute Gasteiger partial charge is 0.319 e. The first-order valence-corrected chi connectivity index (χ1v) is 7.03. The third-order valence-corrected chi connectivity index (χ3v) is 4.20. The number of benzene rings is 1. The van der Waals surface area contributed by atoms with Gasteiger partial charge in [0.15, 0.2) is 5.78 Å². The number of methoxy groups -OCH3 is 1. The van der Waals surface area contributed by atoms with Gasteiger partial charge in [-0.05, 0) is 36.0 Å². The topological polar surface area (TPSA) is 43.4 Å². The van der Waals surface area contributed by atoms with Crippen molar-refractivity contribution in [3.05, 3.63) is 34.9 Å². The normalized spacial score (nSPS) is 24.7. The van der Waals surface area contributed by atoms with Gasteiger partial charge in [-0.2, -0.15) is 0 Å². The SMILES string of the molecule is COC(=O)C1(Cc2ccc(Cl)cc2)CC(C)(C)CC1=O. The Hall–Kier alpha value is -1.35. The summed E-state index contributed by atoms with van der Waals surface area (Å²) in [4.78, 5) is 24.7. The molecule has 0 bridgehead atoms. The molecular formula is C16H19ClO3. The van der Waals surface area contributed by atoms with Crippen LogP contribution in [0.25, 0.3) is 0 Å². The van der Waals surface area contributed by atoms with Crippen molar-refractivity contribution in [3.63, 3.8) is 0 Å². The Bertz CT molecular complexity index is 533. The van der Waals surface area contributed by atoms with Crippen LogP contribution in [0.15, 0.2) is 24.3 Å². The molecule has 0 aliphatic heterocycles. The van der Waals surface area contributed by atoms with Gasteiger partial charge in [-0.15, -0.1) is 0 Å². The van der Waals surface area contributed by atoms with Crippen LogP contribution in [0.5, 0.6) is 0 Å². The molecule has 3 nitrogen and oxygen atoms in total. The van der Waals surface area contributed by atoms with Crippen LogP contribution in [0.3, 0.4) is 0 Å². The zero-order valence-electron chi connectivity index (χ0n) is 12.0. The molecule has 1 fully saturated rings. The zero-order valence-corrected chi connectivity index (χ0v) is 12.8. The molecule has 0 spiro atoms. The van der Waals surface area contributed by atoms with Crippen LogP contribution in [-0.4, -0.2) is 18.9 Å². The highest BCUT2D eigenvalue weighted by atomic mass is 35.5. The maximum Gasteiger partial charge on any atom is 0.319 e. The van der Waals surface area contributed by atoms with Crippen molar-refractivity contribution in [2.24, 2.45) is 10.8 Å². The maximum atomic E-state index is 12.5. The average Bonchev–Trinajstić information content (AvgIpc) is 2.61. The monoisotopic (exact) mass is 294 g/mol. The number of ether oxygens (including phenoxy) is 1. The van der Waals surface area contributed by atoms with E-state index in [1.54, 1.807) is 12.1 Å². The summed E-state index contributed by atoms with van der Waals surface area (Å²) in [6, 6.07) is 7.25. The summed E-state index contributed by atoms with van der Waals surface area (Å²) in [5, 5.41) is 0.638. The fraction of sp³-hybridized carbons (Fsp3) is 0.500. The third kappa shape index (κ3) is 2.73. The number of carbonyl (C=O) groups is 2. The molecule has 4 heteroatoms. The molecule has 108 valence electrons. The standard InChI is InChI=1S/C16H19ClO3/c1-15(2)9-13(18)16(10-15,14(19)20-3)8-11-4-6-12(17)7-5-11/h4-7H,8-10H2,1-3H3. The molecule has 0 radical (unpaired) electrons. The van der Waals surface area contributed by atoms with E-state index < -0.39 is 11.4 Å². The molecule has 1 aromatic rings. The second-order valence-corrected chi connectivity index (χ2v) is 6.75. The van der Waals surface area contributed by atoms with Crippen molar-refractivity contribution < 1.29 is 14.3 Å². The van der Waals surface area contributed by atoms with Crippen molar-refractivity contribution in [1.82, 2.24) is 0 Å². The summed E-state index contributed by atoms with van der Waals surface area (Å²) >= 11 is 5.87. The van der Waals surface area contributed by atoms with E-state index in [1.807, 2.05) is 26.0 Å². The number of hydrogen-bond acceptors (Lipinski definition) is 3. The summed E-state index contributed by atoms with van der Waals surface area (Å²) in [5.74, 6) is -0.452. The molecule has 1 aliphatic carbocycles. The molecule has 1 aliphatic rings. The number of Topliss-reactive ketones (excluding diaryl/α,β-unsaturated/α-hetero) is 1. The van der Waals surface area contributed by atoms with E-state index in [-0.39, 0.29) is 11.2 Å². The quantitative estimate of drug-likeness (QED) is 0.633. The first-order chi connectivity index (χ1) is 9.29. The minimum absolute atomic E-state index is 0.0238. The van der Waals surface area contributed by atoms with Crippen molar-refractivity contribution in [3.8, 4) is 0 Å². The Balaban J connectivity index is 2.36. The number of halogens is 1. The molecule has 0 amide bonds. The van der Waals surface area contributed by atoms with Crippen molar-refractivity contribution in [1.29, 1.82) is 0 Å². The van der Waals surface area contributed by atoms with Gasteiger partial charge in [-0.1, -0.05) is 37.6 Å². The first-order valence-electron chi connectivity index (χ1n) is 6.65. The van der Waals surface area contributed by atoms with Gasteiger partial charge in [0, 0.05) is 11.4 Å². The van der Waals surface area contributed by atoms with E-state index in [2.05, 4.69) is 0 Å². The van der Waals surface area contributed by atoms with E-state index in [4.69, 9.17) is 16.3 Å². The highest BCUT2D eigenvalue weighted by Crippen LogP contribution is 2.49. The zero-order chi connectivity index (χ0) is 15.0. The van der Waals surface area contributed by atoms with Gasteiger partial charge in [0.1, 0.15) is 5.41 Å². The molecule has 0 aromatic heterocycles. The first kappa shape index (κ1) is 15.0. The summed E-state index contributed by atoms with van der Waals surface area (Å²) in [6.07, 6.45) is 1.31. The highest BCUT2D eigenvalue weighted by Gasteiger charge is 2.55. The molecule has 0 N–H and O–H groups in total. The van der Waals surface area contributed by atoms with Crippen molar-refractivity contribution in [2.45, 2.75) is 33.1 Å². The van der Waals surface area contributed by atoms with Crippen molar-refractivity contribution in [2.75, 3.05) is 7.11 Å². The summed E-state index contributed by atoms with van der Waals surface area (Å²) in [6.45, 7) is 4.02. The lowest BCUT2D eigenvalue weighted by atomic mass is 9.76. The molecule has 1 saturated carbocycles. The Labute approximate surface area is 124 Å². The summed E-state index contributed by atoms with van der Waals surface area (Å²) < 4.78 is 4.91. The lowest BCUT2D eigenvalue weighted by Gasteiger charge is -2.26. The van der Waals surface area contributed by atoms with Crippen LogP contribution < -0.4 is 0 Å².